The topological polar surface area (TPSA) is 0 Å². The van der Waals surface area contributed by atoms with Crippen LogP contribution in [0.25, 0.3) is 0 Å². The average molecular weight is 208 g/mol. The van der Waals surface area contributed by atoms with Gasteiger partial charge in [0.25, 0.3) is 0 Å². The Morgan fingerprint density at radius 1 is 1.00 bits per heavy atom. The maximum absolute atomic E-state index is 2.57. The van der Waals surface area contributed by atoms with Crippen molar-refractivity contribution in [2.45, 2.75) is 72.6 Å². The van der Waals surface area contributed by atoms with Crippen LogP contribution in [0.15, 0.2) is 0 Å². The number of rotatable bonds is 0. The third-order valence-electron chi connectivity index (χ3n) is 5.39. The minimum Gasteiger partial charge on any atom is -0.0599 e. The minimum atomic E-state index is 0.540. The van der Waals surface area contributed by atoms with E-state index in [2.05, 4.69) is 27.7 Å². The first-order valence-electron chi connectivity index (χ1n) is 6.92. The zero-order valence-corrected chi connectivity index (χ0v) is 11.1. The summed E-state index contributed by atoms with van der Waals surface area (Å²) in [7, 11) is 0. The molecule has 88 valence electrons. The van der Waals surface area contributed by atoms with Gasteiger partial charge in [-0.05, 0) is 54.8 Å². The van der Waals surface area contributed by atoms with Gasteiger partial charge in [-0.1, -0.05) is 40.5 Å². The molecule has 2 fully saturated rings. The van der Waals surface area contributed by atoms with Gasteiger partial charge in [0.2, 0.25) is 0 Å². The summed E-state index contributed by atoms with van der Waals surface area (Å²) in [6.45, 7) is 9.87. The highest BCUT2D eigenvalue weighted by atomic mass is 14.5. The Morgan fingerprint density at radius 2 is 1.73 bits per heavy atom. The Balaban J connectivity index is 2.05. The Morgan fingerprint density at radius 3 is 2.40 bits per heavy atom. The SMILES string of the molecule is CC(C)(C)C1CCC2(C)CCCCC2C1. The fraction of sp³-hybridized carbons (Fsp3) is 1.00. The Kier molecular flexibility index (Phi) is 2.90. The molecule has 0 radical (unpaired) electrons. The molecule has 2 rings (SSSR count). The van der Waals surface area contributed by atoms with Crippen LogP contribution in [0.2, 0.25) is 0 Å². The molecule has 3 unspecified atom stereocenters. The van der Waals surface area contributed by atoms with Gasteiger partial charge in [0.1, 0.15) is 0 Å². The number of hydrogen-bond donors (Lipinski definition) is 0. The maximum atomic E-state index is 2.57. The molecular weight excluding hydrogens is 180 g/mol. The second kappa shape index (κ2) is 3.79. The average Bonchev–Trinajstić information content (AvgIpc) is 2.14. The third-order valence-corrected chi connectivity index (χ3v) is 5.39. The van der Waals surface area contributed by atoms with Gasteiger partial charge in [-0.2, -0.15) is 0 Å². The molecule has 0 saturated heterocycles. The van der Waals surface area contributed by atoms with Gasteiger partial charge in [0, 0.05) is 0 Å². The van der Waals surface area contributed by atoms with E-state index in [1.54, 1.807) is 0 Å². The lowest BCUT2D eigenvalue weighted by molar-refractivity contribution is 0.00482. The predicted octanol–water partition coefficient (Wildman–Crippen LogP) is 5.03. The molecule has 0 spiro atoms. The van der Waals surface area contributed by atoms with Crippen LogP contribution in [-0.2, 0) is 0 Å². The van der Waals surface area contributed by atoms with E-state index in [0.29, 0.717) is 5.41 Å². The number of fused-ring (bicyclic) bond motifs is 1. The van der Waals surface area contributed by atoms with Crippen LogP contribution in [0.5, 0.6) is 0 Å². The van der Waals surface area contributed by atoms with Crippen LogP contribution >= 0.6 is 0 Å². The van der Waals surface area contributed by atoms with E-state index in [4.69, 9.17) is 0 Å². The summed E-state index contributed by atoms with van der Waals surface area (Å²) in [6.07, 6.45) is 10.5. The second-order valence-electron chi connectivity index (χ2n) is 7.43. The van der Waals surface area contributed by atoms with Gasteiger partial charge in [0.15, 0.2) is 0 Å². The molecule has 0 bridgehead atoms. The largest absolute Gasteiger partial charge is 0.0599 e. The van der Waals surface area contributed by atoms with Crippen LogP contribution in [0.1, 0.15) is 72.6 Å². The predicted molar refractivity (Wildman–Crippen MR) is 66.9 cm³/mol. The van der Waals surface area contributed by atoms with Crippen molar-refractivity contribution in [3.05, 3.63) is 0 Å². The normalized spacial score (nSPS) is 42.4. The Labute approximate surface area is 95.8 Å². The molecule has 0 aromatic heterocycles. The molecule has 2 aliphatic rings. The molecule has 0 nitrogen and oxygen atoms in total. The zero-order valence-electron chi connectivity index (χ0n) is 11.1. The van der Waals surface area contributed by atoms with E-state index in [0.717, 1.165) is 17.3 Å². The van der Waals surface area contributed by atoms with Crippen molar-refractivity contribution >= 4 is 0 Å². The van der Waals surface area contributed by atoms with Crippen LogP contribution < -0.4 is 0 Å². The Bertz CT molecular complexity index is 223. The van der Waals surface area contributed by atoms with Crippen molar-refractivity contribution in [2.24, 2.45) is 22.7 Å². The monoisotopic (exact) mass is 208 g/mol. The van der Waals surface area contributed by atoms with E-state index in [1.165, 1.54) is 44.9 Å². The first-order valence-corrected chi connectivity index (χ1v) is 6.92. The van der Waals surface area contributed by atoms with Crippen molar-refractivity contribution in [1.82, 2.24) is 0 Å². The highest BCUT2D eigenvalue weighted by molar-refractivity contribution is 4.94. The summed E-state index contributed by atoms with van der Waals surface area (Å²) in [6, 6.07) is 0. The fourth-order valence-electron chi connectivity index (χ4n) is 3.96. The lowest BCUT2D eigenvalue weighted by Crippen LogP contribution is -2.40. The van der Waals surface area contributed by atoms with Gasteiger partial charge in [-0.25, -0.2) is 0 Å². The van der Waals surface area contributed by atoms with Crippen LogP contribution in [0.4, 0.5) is 0 Å². The van der Waals surface area contributed by atoms with Gasteiger partial charge >= 0.3 is 0 Å². The lowest BCUT2D eigenvalue weighted by atomic mass is 9.55. The van der Waals surface area contributed by atoms with E-state index < -0.39 is 0 Å². The first kappa shape index (κ1) is 11.5. The molecule has 2 aliphatic carbocycles. The molecule has 0 aliphatic heterocycles. The zero-order chi connectivity index (χ0) is 11.1. The van der Waals surface area contributed by atoms with Gasteiger partial charge < -0.3 is 0 Å². The van der Waals surface area contributed by atoms with Gasteiger partial charge in [-0.3, -0.25) is 0 Å². The molecular formula is C15H28. The number of hydrogen-bond acceptors (Lipinski definition) is 0. The standard InChI is InChI=1S/C15H28/c1-14(2,3)12-8-10-15(4)9-6-5-7-13(15)11-12/h12-13H,5-11H2,1-4H3. The summed E-state index contributed by atoms with van der Waals surface area (Å²) in [4.78, 5) is 0. The highest BCUT2D eigenvalue weighted by Gasteiger charge is 2.43. The minimum absolute atomic E-state index is 0.540. The lowest BCUT2D eigenvalue weighted by Gasteiger charge is -2.50. The van der Waals surface area contributed by atoms with E-state index >= 15 is 0 Å². The Hall–Kier alpha value is 0. The molecule has 15 heavy (non-hydrogen) atoms. The molecule has 0 N–H and O–H groups in total. The van der Waals surface area contributed by atoms with E-state index in [-0.39, 0.29) is 0 Å². The van der Waals surface area contributed by atoms with Crippen LogP contribution in [0.3, 0.4) is 0 Å². The van der Waals surface area contributed by atoms with Gasteiger partial charge in [0.05, 0.1) is 0 Å². The van der Waals surface area contributed by atoms with Crippen molar-refractivity contribution in [3.63, 3.8) is 0 Å². The highest BCUT2D eigenvalue weighted by Crippen LogP contribution is 2.54. The molecule has 0 aromatic carbocycles. The molecule has 3 atom stereocenters. The van der Waals surface area contributed by atoms with Crippen LogP contribution in [0, 0.1) is 22.7 Å². The summed E-state index contributed by atoms with van der Waals surface area (Å²) >= 11 is 0. The third kappa shape index (κ3) is 2.24. The molecule has 2 saturated carbocycles. The van der Waals surface area contributed by atoms with Crippen LogP contribution in [-0.4, -0.2) is 0 Å². The molecule has 0 heterocycles. The summed E-state index contributed by atoms with van der Waals surface area (Å²) in [5.74, 6) is 2.03. The van der Waals surface area contributed by atoms with Crippen molar-refractivity contribution in [2.75, 3.05) is 0 Å². The second-order valence-corrected chi connectivity index (χ2v) is 7.43. The molecule has 0 amide bonds. The fourth-order valence-corrected chi connectivity index (χ4v) is 3.96. The summed E-state index contributed by atoms with van der Waals surface area (Å²) in [5.41, 5.74) is 1.26. The van der Waals surface area contributed by atoms with Crippen molar-refractivity contribution in [1.29, 1.82) is 0 Å². The van der Waals surface area contributed by atoms with E-state index in [1.807, 2.05) is 0 Å². The summed E-state index contributed by atoms with van der Waals surface area (Å²) in [5, 5.41) is 0. The van der Waals surface area contributed by atoms with E-state index in [9.17, 15) is 0 Å². The maximum Gasteiger partial charge on any atom is -0.0297 e. The van der Waals surface area contributed by atoms with Gasteiger partial charge in [-0.15, -0.1) is 0 Å². The summed E-state index contributed by atoms with van der Waals surface area (Å²) < 4.78 is 0. The quantitative estimate of drug-likeness (QED) is 0.524. The molecule has 0 heteroatoms. The van der Waals surface area contributed by atoms with Crippen molar-refractivity contribution in [3.8, 4) is 0 Å². The van der Waals surface area contributed by atoms with Crippen molar-refractivity contribution < 1.29 is 0 Å². The molecule has 0 aromatic rings. The first-order chi connectivity index (χ1) is 6.92. The smallest absolute Gasteiger partial charge is 0.0297 e.